The van der Waals surface area contributed by atoms with Crippen LogP contribution in [-0.2, 0) is 13.6 Å². The fourth-order valence-corrected chi connectivity index (χ4v) is 2.79. The van der Waals surface area contributed by atoms with Crippen molar-refractivity contribution >= 4 is 13.7 Å². The van der Waals surface area contributed by atoms with Crippen molar-refractivity contribution < 1.29 is 18.0 Å². The maximum atomic E-state index is 12.4. The van der Waals surface area contributed by atoms with E-state index in [9.17, 15) is 4.57 Å². The van der Waals surface area contributed by atoms with E-state index in [-0.39, 0.29) is 18.5 Å². The van der Waals surface area contributed by atoms with Crippen molar-refractivity contribution in [3.8, 4) is 6.07 Å². The zero-order chi connectivity index (χ0) is 13.6. The molecule has 0 amide bonds. The monoisotopic (exact) mass is 269 g/mol. The molecule has 0 aliphatic carbocycles. The van der Waals surface area contributed by atoms with Crippen molar-refractivity contribution in [2.45, 2.75) is 20.8 Å². The molecule has 1 heterocycles. The number of aryl methyl sites for hydroxylation is 1. The molecule has 0 atom stereocenters. The molecule has 0 bridgehead atoms. The van der Waals surface area contributed by atoms with Gasteiger partial charge in [0.25, 0.3) is 0 Å². The van der Waals surface area contributed by atoms with Crippen LogP contribution in [0.4, 0.5) is 0 Å². The Morgan fingerprint density at radius 1 is 1.44 bits per heavy atom. The van der Waals surface area contributed by atoms with Crippen LogP contribution in [0, 0.1) is 18.3 Å². The van der Waals surface area contributed by atoms with Gasteiger partial charge in [0.1, 0.15) is 22.9 Å². The van der Waals surface area contributed by atoms with Crippen LogP contribution in [0.5, 0.6) is 0 Å². The van der Waals surface area contributed by atoms with E-state index in [1.54, 1.807) is 32.9 Å². The largest absolute Gasteiger partial charge is 0.462 e. The van der Waals surface area contributed by atoms with Gasteiger partial charge in [0.05, 0.1) is 13.2 Å². The Bertz CT molecular complexity index is 502. The van der Waals surface area contributed by atoms with Gasteiger partial charge in [-0.05, 0) is 32.9 Å². The SMILES string of the molecule is CCOP(=O)(OCC)/C(C#N)=C/c1ccc(C)o1. The first-order valence-corrected chi connectivity index (χ1v) is 7.18. The van der Waals surface area contributed by atoms with Gasteiger partial charge in [0.2, 0.25) is 0 Å². The summed E-state index contributed by atoms with van der Waals surface area (Å²) in [6, 6.07) is 5.30. The van der Waals surface area contributed by atoms with E-state index in [0.717, 1.165) is 0 Å². The topological polar surface area (TPSA) is 72.5 Å². The quantitative estimate of drug-likeness (QED) is 0.581. The fourth-order valence-electron chi connectivity index (χ4n) is 1.35. The van der Waals surface area contributed by atoms with Crippen LogP contribution in [0.2, 0.25) is 0 Å². The molecule has 0 unspecified atom stereocenters. The first-order valence-electron chi connectivity index (χ1n) is 5.63. The number of hydrogen-bond acceptors (Lipinski definition) is 5. The Balaban J connectivity index is 3.11. The van der Waals surface area contributed by atoms with Crippen molar-refractivity contribution in [3.05, 3.63) is 29.0 Å². The lowest BCUT2D eigenvalue weighted by Gasteiger charge is -2.15. The third kappa shape index (κ3) is 3.58. The number of rotatable bonds is 6. The molecule has 1 aromatic rings. The van der Waals surface area contributed by atoms with E-state index >= 15 is 0 Å². The van der Waals surface area contributed by atoms with E-state index in [4.69, 9.17) is 18.7 Å². The van der Waals surface area contributed by atoms with Crippen LogP contribution < -0.4 is 0 Å². The van der Waals surface area contributed by atoms with Crippen molar-refractivity contribution in [1.29, 1.82) is 5.26 Å². The smallest absolute Gasteiger partial charge is 0.371 e. The van der Waals surface area contributed by atoms with Crippen molar-refractivity contribution in [2.75, 3.05) is 13.2 Å². The number of furan rings is 1. The molecule has 0 aliphatic heterocycles. The highest BCUT2D eigenvalue weighted by Gasteiger charge is 2.30. The fraction of sp³-hybridized carbons (Fsp3) is 0.417. The second kappa shape index (κ2) is 6.55. The summed E-state index contributed by atoms with van der Waals surface area (Å²) in [4.78, 5) is 0. The Labute approximate surface area is 107 Å². The molecule has 1 rings (SSSR count). The standard InChI is InChI=1S/C12H16NO4P/c1-4-15-18(14,16-5-2)12(9-13)8-11-7-6-10(3)17-11/h6-8H,4-5H2,1-3H3/b12-8+. The second-order valence-corrected chi connectivity index (χ2v) is 5.42. The van der Waals surface area contributed by atoms with Gasteiger partial charge in [0, 0.05) is 6.08 Å². The molecule has 0 aromatic carbocycles. The molecule has 0 saturated heterocycles. The molecular weight excluding hydrogens is 253 g/mol. The average molecular weight is 269 g/mol. The lowest BCUT2D eigenvalue weighted by molar-refractivity contribution is 0.227. The van der Waals surface area contributed by atoms with E-state index in [0.29, 0.717) is 11.5 Å². The third-order valence-corrected chi connectivity index (χ3v) is 4.06. The summed E-state index contributed by atoms with van der Waals surface area (Å²) >= 11 is 0. The number of nitrogens with zero attached hydrogens (tertiary/aromatic N) is 1. The molecule has 0 N–H and O–H groups in total. The van der Waals surface area contributed by atoms with Crippen LogP contribution in [0.15, 0.2) is 21.9 Å². The van der Waals surface area contributed by atoms with E-state index in [1.807, 2.05) is 6.07 Å². The Morgan fingerprint density at radius 2 is 2.06 bits per heavy atom. The summed E-state index contributed by atoms with van der Waals surface area (Å²) < 4.78 is 27.9. The van der Waals surface area contributed by atoms with Crippen molar-refractivity contribution in [3.63, 3.8) is 0 Å². The van der Waals surface area contributed by atoms with E-state index in [2.05, 4.69) is 0 Å². The number of hydrogen-bond donors (Lipinski definition) is 0. The Kier molecular flexibility index (Phi) is 5.36. The molecule has 5 nitrogen and oxygen atoms in total. The van der Waals surface area contributed by atoms with Gasteiger partial charge in [-0.25, -0.2) is 0 Å². The molecule has 0 fully saturated rings. The van der Waals surface area contributed by atoms with Gasteiger partial charge >= 0.3 is 7.60 Å². The summed E-state index contributed by atoms with van der Waals surface area (Å²) in [7, 11) is -3.55. The molecule has 0 radical (unpaired) electrons. The first-order chi connectivity index (χ1) is 8.55. The van der Waals surface area contributed by atoms with Crippen LogP contribution in [-0.4, -0.2) is 13.2 Å². The number of allylic oxidation sites excluding steroid dienone is 1. The summed E-state index contributed by atoms with van der Waals surface area (Å²) in [6.45, 7) is 5.57. The highest BCUT2D eigenvalue weighted by molar-refractivity contribution is 7.59. The molecule has 0 spiro atoms. The van der Waals surface area contributed by atoms with Gasteiger partial charge in [-0.3, -0.25) is 4.57 Å². The molecule has 1 aromatic heterocycles. The van der Waals surface area contributed by atoms with Crippen LogP contribution in [0.1, 0.15) is 25.4 Å². The van der Waals surface area contributed by atoms with E-state index < -0.39 is 7.60 Å². The summed E-state index contributed by atoms with van der Waals surface area (Å²) in [5, 5.41) is 9.04. The van der Waals surface area contributed by atoms with Crippen molar-refractivity contribution in [1.82, 2.24) is 0 Å². The first kappa shape index (κ1) is 14.7. The minimum atomic E-state index is -3.55. The molecule has 0 saturated carbocycles. The van der Waals surface area contributed by atoms with Gasteiger partial charge in [-0.1, -0.05) is 0 Å². The molecule has 6 heteroatoms. The maximum Gasteiger partial charge on any atom is 0.371 e. The minimum absolute atomic E-state index is 0.0550. The highest BCUT2D eigenvalue weighted by Crippen LogP contribution is 2.56. The Morgan fingerprint density at radius 3 is 2.44 bits per heavy atom. The predicted octanol–water partition coefficient (Wildman–Crippen LogP) is 3.72. The normalized spacial score (nSPS) is 12.4. The van der Waals surface area contributed by atoms with Crippen molar-refractivity contribution in [2.24, 2.45) is 0 Å². The molecule has 0 aliphatic rings. The summed E-state index contributed by atoms with van der Waals surface area (Å²) in [5.41, 5.74) is 0. The Hall–Kier alpha value is -1.34. The zero-order valence-corrected chi connectivity index (χ0v) is 11.6. The zero-order valence-electron chi connectivity index (χ0n) is 10.7. The summed E-state index contributed by atoms with van der Waals surface area (Å²) in [5.74, 6) is 1.16. The van der Waals surface area contributed by atoms with Crippen LogP contribution in [0.3, 0.4) is 0 Å². The minimum Gasteiger partial charge on any atom is -0.462 e. The van der Waals surface area contributed by atoms with E-state index in [1.165, 1.54) is 6.08 Å². The number of nitriles is 1. The molecular formula is C12H16NO4P. The van der Waals surface area contributed by atoms with Gasteiger partial charge < -0.3 is 13.5 Å². The summed E-state index contributed by atoms with van der Waals surface area (Å²) in [6.07, 6.45) is 1.39. The maximum absolute atomic E-state index is 12.4. The van der Waals surface area contributed by atoms with Gasteiger partial charge in [0.15, 0.2) is 0 Å². The molecule has 98 valence electrons. The van der Waals surface area contributed by atoms with Crippen LogP contribution in [0.25, 0.3) is 6.08 Å². The predicted molar refractivity (Wildman–Crippen MR) is 67.9 cm³/mol. The third-order valence-electron chi connectivity index (χ3n) is 2.05. The lowest BCUT2D eigenvalue weighted by atomic mass is 10.4. The lowest BCUT2D eigenvalue weighted by Crippen LogP contribution is -1.97. The van der Waals surface area contributed by atoms with Gasteiger partial charge in [-0.2, -0.15) is 5.26 Å². The second-order valence-electron chi connectivity index (χ2n) is 3.42. The average Bonchev–Trinajstić information content (AvgIpc) is 2.72. The van der Waals surface area contributed by atoms with Gasteiger partial charge in [-0.15, -0.1) is 0 Å². The van der Waals surface area contributed by atoms with Crippen LogP contribution >= 0.6 is 7.60 Å². The highest BCUT2D eigenvalue weighted by atomic mass is 31.2. The molecule has 18 heavy (non-hydrogen) atoms.